The first-order chi connectivity index (χ1) is 6.35. The van der Waals surface area contributed by atoms with Gasteiger partial charge in [-0.2, -0.15) is 0 Å². The number of nitroso groups, excluding NO2 is 2. The van der Waals surface area contributed by atoms with E-state index in [0.717, 1.165) is 24.2 Å². The molecule has 0 unspecified atom stereocenters. The fourth-order valence-corrected chi connectivity index (χ4v) is 1.47. The Labute approximate surface area is 74.1 Å². The number of hydrogen-bond donors (Lipinski definition) is 1. The number of fused-ring (bicyclic) bond motifs is 1. The number of hydrogen-bond acceptors (Lipinski definition) is 5. The molecule has 1 aromatic rings. The first kappa shape index (κ1) is 7.85. The van der Waals surface area contributed by atoms with Gasteiger partial charge in [-0.3, -0.25) is 0 Å². The molecule has 2 rings (SSSR count). The molecule has 0 radical (unpaired) electrons. The fraction of sp³-hybridized carbons (Fsp3) is 0.250. The third kappa shape index (κ3) is 1.18. The van der Waals surface area contributed by atoms with Gasteiger partial charge in [0, 0.05) is 12.2 Å². The van der Waals surface area contributed by atoms with Crippen molar-refractivity contribution in [1.82, 2.24) is 0 Å². The van der Waals surface area contributed by atoms with Crippen LogP contribution in [0, 0.1) is 9.81 Å². The second-order valence-electron chi connectivity index (χ2n) is 2.86. The van der Waals surface area contributed by atoms with Crippen LogP contribution in [0.5, 0.6) is 0 Å². The van der Waals surface area contributed by atoms with Crippen LogP contribution in [0.1, 0.15) is 5.56 Å². The zero-order chi connectivity index (χ0) is 9.26. The van der Waals surface area contributed by atoms with E-state index in [0.29, 0.717) is 0 Å². The van der Waals surface area contributed by atoms with E-state index in [1.165, 1.54) is 0 Å². The third-order valence-corrected chi connectivity index (χ3v) is 2.11. The summed E-state index contributed by atoms with van der Waals surface area (Å²) in [5, 5.41) is 8.57. The Hall–Kier alpha value is -1.78. The average Bonchev–Trinajstić information content (AvgIpc) is 2.62. The van der Waals surface area contributed by atoms with Gasteiger partial charge in [-0.25, -0.2) is 0 Å². The lowest BCUT2D eigenvalue weighted by Crippen LogP contribution is -1.90. The van der Waals surface area contributed by atoms with Crippen LogP contribution < -0.4 is 5.32 Å². The van der Waals surface area contributed by atoms with Gasteiger partial charge in [0.15, 0.2) is 0 Å². The first-order valence-electron chi connectivity index (χ1n) is 3.92. The molecule has 0 spiro atoms. The summed E-state index contributed by atoms with van der Waals surface area (Å²) in [6.07, 6.45) is 0.858. The van der Waals surface area contributed by atoms with Crippen LogP contribution in [0.25, 0.3) is 0 Å². The van der Waals surface area contributed by atoms with Crippen LogP contribution in [0.4, 0.5) is 17.1 Å². The van der Waals surface area contributed by atoms with Crippen molar-refractivity contribution in [3.8, 4) is 0 Å². The molecule has 0 atom stereocenters. The highest BCUT2D eigenvalue weighted by Gasteiger charge is 2.14. The highest BCUT2D eigenvalue weighted by atomic mass is 16.3. The summed E-state index contributed by atoms with van der Waals surface area (Å²) in [5.74, 6) is 0. The summed E-state index contributed by atoms with van der Waals surface area (Å²) in [6, 6.07) is 3.17. The number of nitrogens with one attached hydrogen (secondary N) is 1. The molecule has 0 aliphatic carbocycles. The lowest BCUT2D eigenvalue weighted by Gasteiger charge is -2.00. The lowest BCUT2D eigenvalue weighted by molar-refractivity contribution is 1.11. The second-order valence-corrected chi connectivity index (χ2v) is 2.86. The highest BCUT2D eigenvalue weighted by molar-refractivity contribution is 5.73. The van der Waals surface area contributed by atoms with Gasteiger partial charge >= 0.3 is 0 Å². The van der Waals surface area contributed by atoms with Crippen molar-refractivity contribution in [2.75, 3.05) is 11.9 Å². The van der Waals surface area contributed by atoms with Crippen LogP contribution in [0.3, 0.4) is 0 Å². The van der Waals surface area contributed by atoms with Crippen molar-refractivity contribution >= 4 is 17.1 Å². The number of rotatable bonds is 2. The van der Waals surface area contributed by atoms with Crippen LogP contribution in [0.2, 0.25) is 0 Å². The summed E-state index contributed by atoms with van der Waals surface area (Å²) >= 11 is 0. The number of benzene rings is 1. The van der Waals surface area contributed by atoms with Crippen LogP contribution in [-0.4, -0.2) is 6.54 Å². The molecule has 66 valence electrons. The maximum atomic E-state index is 10.3. The molecule has 0 saturated heterocycles. The molecule has 1 N–H and O–H groups in total. The molecule has 13 heavy (non-hydrogen) atoms. The van der Waals surface area contributed by atoms with Crippen LogP contribution >= 0.6 is 0 Å². The van der Waals surface area contributed by atoms with Crippen molar-refractivity contribution in [3.05, 3.63) is 27.5 Å². The smallest absolute Gasteiger partial charge is 0.139 e. The molecule has 1 heterocycles. The fourth-order valence-electron chi connectivity index (χ4n) is 1.47. The Morgan fingerprint density at radius 1 is 1.15 bits per heavy atom. The molecule has 0 amide bonds. The third-order valence-electron chi connectivity index (χ3n) is 2.11. The van der Waals surface area contributed by atoms with E-state index in [4.69, 9.17) is 0 Å². The molecule has 0 aromatic heterocycles. The highest BCUT2D eigenvalue weighted by Crippen LogP contribution is 2.35. The number of nitrogens with zero attached hydrogens (tertiary/aromatic N) is 2. The Bertz CT molecular complexity index is 341. The summed E-state index contributed by atoms with van der Waals surface area (Å²) in [7, 11) is 0. The van der Waals surface area contributed by atoms with E-state index in [1.54, 1.807) is 12.1 Å². The average molecular weight is 177 g/mol. The Morgan fingerprint density at radius 2 is 1.85 bits per heavy atom. The minimum atomic E-state index is 0.100. The Morgan fingerprint density at radius 3 is 2.54 bits per heavy atom. The van der Waals surface area contributed by atoms with E-state index in [9.17, 15) is 9.81 Å². The van der Waals surface area contributed by atoms with Crippen molar-refractivity contribution < 1.29 is 0 Å². The molecule has 0 bridgehead atoms. The SMILES string of the molecule is O=Nc1cc2c(cc1N=O)NCC2. The number of anilines is 1. The van der Waals surface area contributed by atoms with Gasteiger partial charge in [-0.15, -0.1) is 9.81 Å². The van der Waals surface area contributed by atoms with E-state index in [1.807, 2.05) is 0 Å². The lowest BCUT2D eigenvalue weighted by atomic mass is 10.1. The van der Waals surface area contributed by atoms with Gasteiger partial charge in [-0.05, 0) is 34.5 Å². The monoisotopic (exact) mass is 177 g/mol. The standard InChI is InChI=1S/C8H7N3O2/c12-10-7-3-5-1-2-9-6(5)4-8(7)11-13/h3-4,9H,1-2H2. The minimum Gasteiger partial charge on any atom is -0.384 e. The summed E-state index contributed by atoms with van der Waals surface area (Å²) < 4.78 is 0. The molecule has 5 nitrogen and oxygen atoms in total. The predicted molar refractivity (Wildman–Crippen MR) is 49.5 cm³/mol. The van der Waals surface area contributed by atoms with Gasteiger partial charge in [0.25, 0.3) is 0 Å². The van der Waals surface area contributed by atoms with Crippen LogP contribution in [0.15, 0.2) is 22.5 Å². The van der Waals surface area contributed by atoms with Crippen LogP contribution in [-0.2, 0) is 6.42 Å². The van der Waals surface area contributed by atoms with Gasteiger partial charge in [0.1, 0.15) is 11.4 Å². The molecule has 1 aromatic carbocycles. The van der Waals surface area contributed by atoms with Gasteiger partial charge < -0.3 is 5.32 Å². The Balaban J connectivity index is 2.59. The molecule has 1 aliphatic heterocycles. The topological polar surface area (TPSA) is 70.9 Å². The quantitative estimate of drug-likeness (QED) is 0.705. The normalized spacial score (nSPS) is 13.2. The van der Waals surface area contributed by atoms with E-state index >= 15 is 0 Å². The molecule has 0 fully saturated rings. The summed E-state index contributed by atoms with van der Waals surface area (Å²) in [5.41, 5.74) is 2.12. The minimum absolute atomic E-state index is 0.100. The van der Waals surface area contributed by atoms with Crippen molar-refractivity contribution in [3.63, 3.8) is 0 Å². The van der Waals surface area contributed by atoms with E-state index in [2.05, 4.69) is 15.7 Å². The zero-order valence-corrected chi connectivity index (χ0v) is 6.78. The maximum Gasteiger partial charge on any atom is 0.139 e. The summed E-state index contributed by atoms with van der Waals surface area (Å²) in [6.45, 7) is 0.829. The van der Waals surface area contributed by atoms with Gasteiger partial charge in [0.05, 0.1) is 0 Å². The van der Waals surface area contributed by atoms with Crippen molar-refractivity contribution in [2.45, 2.75) is 6.42 Å². The molecular formula is C8H7N3O2. The molecule has 5 heteroatoms. The van der Waals surface area contributed by atoms with E-state index in [-0.39, 0.29) is 11.4 Å². The van der Waals surface area contributed by atoms with Gasteiger partial charge in [0.2, 0.25) is 0 Å². The zero-order valence-electron chi connectivity index (χ0n) is 6.78. The predicted octanol–water partition coefficient (Wildman–Crippen LogP) is 2.45. The largest absolute Gasteiger partial charge is 0.384 e. The van der Waals surface area contributed by atoms with Gasteiger partial charge in [-0.1, -0.05) is 0 Å². The first-order valence-corrected chi connectivity index (χ1v) is 3.92. The molecule has 1 aliphatic rings. The maximum absolute atomic E-state index is 10.3. The Kier molecular flexibility index (Phi) is 1.77. The van der Waals surface area contributed by atoms with Crippen molar-refractivity contribution in [2.24, 2.45) is 10.4 Å². The summed E-state index contributed by atoms with van der Waals surface area (Å²) in [4.78, 5) is 20.6. The molecule has 0 saturated carbocycles. The van der Waals surface area contributed by atoms with E-state index < -0.39 is 0 Å². The second kappa shape index (κ2) is 2.93. The van der Waals surface area contributed by atoms with Crippen molar-refractivity contribution in [1.29, 1.82) is 0 Å². The molecular weight excluding hydrogens is 170 g/mol.